The summed E-state index contributed by atoms with van der Waals surface area (Å²) in [5.41, 5.74) is -5.88. The fourth-order valence-corrected chi connectivity index (χ4v) is 14.0. The summed E-state index contributed by atoms with van der Waals surface area (Å²) >= 11 is 0. The van der Waals surface area contributed by atoms with Gasteiger partial charge in [-0.25, -0.2) is 0 Å². The summed E-state index contributed by atoms with van der Waals surface area (Å²) in [7, 11) is 3.25. The van der Waals surface area contributed by atoms with Gasteiger partial charge in [0.15, 0.2) is 11.5 Å². The van der Waals surface area contributed by atoms with Crippen molar-refractivity contribution in [3.05, 3.63) is 22.3 Å². The van der Waals surface area contributed by atoms with E-state index in [0.717, 1.165) is 36.6 Å². The highest BCUT2D eigenvalue weighted by Gasteiger charge is 2.92. The van der Waals surface area contributed by atoms with Crippen LogP contribution in [0, 0.1) is 59.7 Å². The van der Waals surface area contributed by atoms with Crippen LogP contribution in [0.25, 0.3) is 0 Å². The van der Waals surface area contributed by atoms with Crippen LogP contribution in [0.2, 0.25) is 0 Å². The molecule has 2 aliphatic heterocycles. The Labute approximate surface area is 298 Å². The van der Waals surface area contributed by atoms with E-state index >= 15 is 0 Å². The third-order valence-corrected chi connectivity index (χ3v) is 16.7. The van der Waals surface area contributed by atoms with Gasteiger partial charge in [0.25, 0.3) is 0 Å². The number of hydrogen-bond donors (Lipinski definition) is 1. The number of ether oxygens (including phenoxy) is 3. The zero-order valence-electron chi connectivity index (χ0n) is 39.8. The van der Waals surface area contributed by atoms with Gasteiger partial charge in [-0.1, -0.05) is 69.1 Å². The number of aliphatic hydroxyl groups is 1. The van der Waals surface area contributed by atoms with Gasteiger partial charge in [0.2, 0.25) is 0 Å². The smallest absolute Gasteiger partial charge is 0.166 e. The Morgan fingerprint density at radius 1 is 1.04 bits per heavy atom. The number of piperidine rings is 1. The molecule has 5 fully saturated rings. The van der Waals surface area contributed by atoms with E-state index in [1.165, 1.54) is 12.5 Å². The fourth-order valence-electron chi connectivity index (χ4n) is 14.0. The van der Waals surface area contributed by atoms with E-state index in [9.17, 15) is 7.85 Å². The van der Waals surface area contributed by atoms with E-state index in [4.69, 9.17) is 22.4 Å². The van der Waals surface area contributed by atoms with E-state index < -0.39 is 81.8 Å². The van der Waals surface area contributed by atoms with Crippen molar-refractivity contribution in [1.82, 2.24) is 4.90 Å². The molecule has 11 atom stereocenters. The van der Waals surface area contributed by atoms with E-state index in [-0.39, 0.29) is 12.0 Å². The lowest BCUT2D eigenvalue weighted by atomic mass is 9.22. The number of fused-ring (bicyclic) bond motifs is 2. The number of likely N-dealkylation sites (tertiary alicyclic amines) is 1. The molecule has 8 rings (SSSR count). The summed E-state index contributed by atoms with van der Waals surface area (Å²) < 4.78 is 93.0. The van der Waals surface area contributed by atoms with Gasteiger partial charge in [-0.2, -0.15) is 0 Å². The van der Waals surface area contributed by atoms with Crippen molar-refractivity contribution in [3.8, 4) is 11.5 Å². The second-order valence-corrected chi connectivity index (χ2v) is 18.7. The molecule has 4 bridgehead atoms. The SMILES string of the molecule is [2H]C([2H])([2H])C(C([2H])([2H])[2H])(C([2H])([2H])C)[C@@](C)(O)[C@H]1[C@@H](C)C23CC(C)[C@@]1(OC)[C@@H]1Oc4c(OC)c(C)c(C)c5c4[C@@]12C(C)(C)C(C)(C)N(CC1CC1C)[C@@H]3C5(C)C. The van der Waals surface area contributed by atoms with Crippen LogP contribution in [0.1, 0.15) is 142 Å². The highest BCUT2D eigenvalue weighted by Crippen LogP contribution is 2.87. The molecule has 5 aliphatic carbocycles. The first kappa shape index (κ1) is 25.6. The minimum atomic E-state index is -3.45. The van der Waals surface area contributed by atoms with Crippen LogP contribution in [0.3, 0.4) is 0 Å². The van der Waals surface area contributed by atoms with Crippen molar-refractivity contribution in [1.29, 1.82) is 0 Å². The van der Waals surface area contributed by atoms with Crippen LogP contribution in [0.5, 0.6) is 11.5 Å². The van der Waals surface area contributed by atoms with Crippen LogP contribution >= 0.6 is 0 Å². The molecule has 7 aliphatic rings. The van der Waals surface area contributed by atoms with Gasteiger partial charge >= 0.3 is 0 Å². The molecule has 0 amide bonds. The molecular weight excluding hydrogens is 582 g/mol. The standard InChI is InChI=1S/C42H67NO4/c1-18-35(7,8)39(15,44)32-26(6)40-20-23(3)41(32,46-17)34-42(40)29-28(24(4)25(5)30(45-16)31(29)47-34)36(9,10)33(40)43(21-27-19-22(27)2)38(13,14)37(42,11)12/h22-23,26-27,32-34,44H,18-21H2,1-17H3/t22?,23?,26-,27?,32-,33-,34+,39+,40?,41+,42+/m1/s1/i7D3,8D3,18D2. The number of hydrogen-bond acceptors (Lipinski definition) is 5. The summed E-state index contributed by atoms with van der Waals surface area (Å²) in [6, 6.07) is -0.161. The van der Waals surface area contributed by atoms with Crippen molar-refractivity contribution in [2.24, 2.45) is 45.8 Å². The first-order chi connectivity index (χ1) is 24.7. The van der Waals surface area contributed by atoms with Crippen molar-refractivity contribution in [3.63, 3.8) is 0 Å². The zero-order chi connectivity index (χ0) is 41.8. The molecule has 5 nitrogen and oxygen atoms in total. The lowest BCUT2D eigenvalue weighted by Crippen LogP contribution is -2.94. The van der Waals surface area contributed by atoms with E-state index in [0.29, 0.717) is 29.8 Å². The predicted molar refractivity (Wildman–Crippen MR) is 191 cm³/mol. The number of nitrogens with zero attached hydrogens (tertiary/aromatic N) is 1. The molecule has 264 valence electrons. The number of rotatable bonds is 7. The minimum Gasteiger partial charge on any atom is -0.493 e. The lowest BCUT2D eigenvalue weighted by Gasteiger charge is -2.86. The maximum absolute atomic E-state index is 13.7. The van der Waals surface area contributed by atoms with Gasteiger partial charge in [0.1, 0.15) is 11.7 Å². The molecule has 1 N–H and O–H groups in total. The van der Waals surface area contributed by atoms with Gasteiger partial charge < -0.3 is 19.3 Å². The molecular formula is C42H67NO4. The Bertz CT molecular complexity index is 1780. The normalized spacial score (nSPS) is 47.8. The van der Waals surface area contributed by atoms with Crippen molar-refractivity contribution < 1.29 is 30.3 Å². The molecule has 2 spiro atoms. The van der Waals surface area contributed by atoms with E-state index in [1.807, 2.05) is 0 Å². The molecule has 1 saturated heterocycles. The second-order valence-electron chi connectivity index (χ2n) is 18.7. The van der Waals surface area contributed by atoms with Crippen LogP contribution in [-0.2, 0) is 15.6 Å². The fraction of sp³-hybridized carbons (Fsp3) is 0.857. The highest BCUT2D eigenvalue weighted by molar-refractivity contribution is 5.72. The van der Waals surface area contributed by atoms with Gasteiger partial charge in [-0.3, -0.25) is 4.90 Å². The second kappa shape index (κ2) is 9.32. The summed E-state index contributed by atoms with van der Waals surface area (Å²) in [4.78, 5) is 2.77. The van der Waals surface area contributed by atoms with Gasteiger partial charge in [0.05, 0.1) is 18.1 Å². The van der Waals surface area contributed by atoms with Crippen LogP contribution in [-0.4, -0.2) is 59.7 Å². The quantitative estimate of drug-likeness (QED) is 0.318. The van der Waals surface area contributed by atoms with Crippen molar-refractivity contribution in [2.45, 2.75) is 163 Å². The first-order valence-electron chi connectivity index (χ1n) is 22.1. The molecule has 4 saturated carbocycles. The minimum absolute atomic E-state index is 0.161. The maximum Gasteiger partial charge on any atom is 0.166 e. The van der Waals surface area contributed by atoms with Crippen LogP contribution < -0.4 is 9.47 Å². The molecule has 0 aromatic heterocycles. The third-order valence-electron chi connectivity index (χ3n) is 16.7. The summed E-state index contributed by atoms with van der Waals surface area (Å²) in [5.74, 6) is 0.262. The van der Waals surface area contributed by atoms with E-state index in [1.54, 1.807) is 14.2 Å². The van der Waals surface area contributed by atoms with Gasteiger partial charge in [-0.05, 0) is 105 Å². The molecule has 1 aromatic rings. The lowest BCUT2D eigenvalue weighted by molar-refractivity contribution is -0.392. The average Bonchev–Trinajstić information content (AvgIpc) is 3.56. The largest absolute Gasteiger partial charge is 0.493 e. The molecule has 2 heterocycles. The Morgan fingerprint density at radius 3 is 2.17 bits per heavy atom. The topological polar surface area (TPSA) is 51.2 Å². The Kier molecular flexibility index (Phi) is 5.08. The molecule has 4 unspecified atom stereocenters. The monoisotopic (exact) mass is 658 g/mol. The predicted octanol–water partition coefficient (Wildman–Crippen LogP) is 8.61. The molecule has 1 aromatic carbocycles. The zero-order valence-corrected chi connectivity index (χ0v) is 31.8. The Morgan fingerprint density at radius 2 is 1.66 bits per heavy atom. The third kappa shape index (κ3) is 3.20. The van der Waals surface area contributed by atoms with E-state index in [2.05, 4.69) is 81.1 Å². The molecule has 47 heavy (non-hydrogen) atoms. The summed E-state index contributed by atoms with van der Waals surface area (Å²) in [6.45, 7) is 21.1. The van der Waals surface area contributed by atoms with Crippen molar-refractivity contribution >= 4 is 0 Å². The van der Waals surface area contributed by atoms with Crippen LogP contribution in [0.4, 0.5) is 0 Å². The van der Waals surface area contributed by atoms with Gasteiger partial charge in [0, 0.05) is 58.5 Å². The summed E-state index contributed by atoms with van der Waals surface area (Å²) in [5, 5.41) is 13.7. The van der Waals surface area contributed by atoms with Gasteiger partial charge in [-0.15, -0.1) is 0 Å². The molecule has 5 heteroatoms. The molecule has 0 radical (unpaired) electrons. The Balaban J connectivity index is 1.71. The van der Waals surface area contributed by atoms with Crippen LogP contribution in [0.15, 0.2) is 0 Å². The Hall–Kier alpha value is -1.30. The van der Waals surface area contributed by atoms with Crippen molar-refractivity contribution in [2.75, 3.05) is 20.8 Å². The summed E-state index contributed by atoms with van der Waals surface area (Å²) in [6.07, 6.45) is -1.91. The first-order valence-corrected chi connectivity index (χ1v) is 18.1. The highest BCUT2D eigenvalue weighted by atomic mass is 16.6. The average molecular weight is 658 g/mol. The maximum atomic E-state index is 13.7. The number of benzene rings is 1. The number of methoxy groups -OCH3 is 2.